The molecule has 0 unspecified atom stereocenters. The molecule has 2 aliphatic carbocycles. The second-order valence-corrected chi connectivity index (χ2v) is 8.53. The van der Waals surface area contributed by atoms with Crippen molar-refractivity contribution in [3.8, 4) is 11.1 Å². The smallest absolute Gasteiger partial charge is 0.410 e. The minimum absolute atomic E-state index is 0.0512. The summed E-state index contributed by atoms with van der Waals surface area (Å²) >= 11 is 6.35. The zero-order valence-electron chi connectivity index (χ0n) is 14.5. The summed E-state index contributed by atoms with van der Waals surface area (Å²) in [5.41, 5.74) is 3.35. The molecule has 0 spiro atoms. The molecule has 138 valence electrons. The van der Waals surface area contributed by atoms with Crippen LogP contribution in [0, 0.1) is 0 Å². The number of halogens is 1. The van der Waals surface area contributed by atoms with E-state index in [1.54, 1.807) is 0 Å². The number of rotatable bonds is 3. The second kappa shape index (κ2) is 5.49. The van der Waals surface area contributed by atoms with Crippen molar-refractivity contribution in [1.82, 2.24) is 4.90 Å². The highest BCUT2D eigenvalue weighted by atomic mass is 35.5. The van der Waals surface area contributed by atoms with Crippen molar-refractivity contribution in [3.05, 3.63) is 59.7 Å². The largest absolute Gasteiger partial charge is 0.479 e. The summed E-state index contributed by atoms with van der Waals surface area (Å²) in [6, 6.07) is 16.2. The third kappa shape index (κ3) is 2.24. The molecule has 1 saturated carbocycles. The van der Waals surface area contributed by atoms with Crippen LogP contribution in [0.2, 0.25) is 0 Å². The van der Waals surface area contributed by atoms with E-state index in [2.05, 4.69) is 12.1 Å². The van der Waals surface area contributed by atoms with Gasteiger partial charge >= 0.3 is 12.1 Å². The van der Waals surface area contributed by atoms with Crippen molar-refractivity contribution in [3.63, 3.8) is 0 Å². The van der Waals surface area contributed by atoms with Gasteiger partial charge < -0.3 is 9.84 Å². The topological polar surface area (TPSA) is 66.8 Å². The van der Waals surface area contributed by atoms with E-state index in [-0.39, 0.29) is 31.9 Å². The molecule has 1 N–H and O–H groups in total. The average Bonchev–Trinajstić information content (AvgIpc) is 3.24. The number of carbonyl (C=O) groups excluding carboxylic acids is 1. The number of nitrogens with zero attached hydrogens (tertiary/aromatic N) is 1. The first-order chi connectivity index (χ1) is 12.9. The Morgan fingerprint density at radius 2 is 1.63 bits per heavy atom. The maximum Gasteiger partial charge on any atom is 0.410 e. The SMILES string of the molecule is O=C(OCC1c2ccccc2-c2ccccc21)N1CC2(Cl)CC1(C(=O)O)C2. The molecule has 0 atom stereocenters. The zero-order chi connectivity index (χ0) is 18.8. The Morgan fingerprint density at radius 3 is 2.19 bits per heavy atom. The summed E-state index contributed by atoms with van der Waals surface area (Å²) in [7, 11) is 0. The number of carboxylic acids is 1. The van der Waals surface area contributed by atoms with E-state index in [9.17, 15) is 14.7 Å². The maximum absolute atomic E-state index is 12.7. The molecular weight excluding hydrogens is 366 g/mol. The van der Waals surface area contributed by atoms with Gasteiger partial charge in [-0.05, 0) is 22.3 Å². The standard InChI is InChI=1S/C21H18ClNO4/c22-20-10-21(11-20,18(24)25)23(12-20)19(26)27-9-17-15-7-3-1-5-13(15)14-6-2-4-8-16(14)17/h1-8,17H,9-12H2,(H,24,25). The number of carbonyl (C=O) groups is 2. The molecular formula is C21H18ClNO4. The lowest BCUT2D eigenvalue weighted by molar-refractivity contribution is -0.151. The van der Waals surface area contributed by atoms with Crippen molar-refractivity contribution >= 4 is 23.7 Å². The Bertz CT molecular complexity index is 921. The van der Waals surface area contributed by atoms with Gasteiger partial charge in [0.15, 0.2) is 0 Å². The van der Waals surface area contributed by atoms with Crippen molar-refractivity contribution in [2.75, 3.05) is 13.2 Å². The Kier molecular flexibility index (Phi) is 3.38. The van der Waals surface area contributed by atoms with Crippen LogP contribution in [0.3, 0.4) is 0 Å². The van der Waals surface area contributed by atoms with Crippen molar-refractivity contribution in [2.24, 2.45) is 0 Å². The monoisotopic (exact) mass is 383 g/mol. The Balaban J connectivity index is 1.38. The number of aliphatic carboxylic acids is 1. The third-order valence-electron chi connectivity index (χ3n) is 6.13. The number of fused-ring (bicyclic) bond motifs is 4. The minimum atomic E-state index is -1.20. The molecule has 27 heavy (non-hydrogen) atoms. The van der Waals surface area contributed by atoms with Gasteiger partial charge in [0.1, 0.15) is 12.1 Å². The zero-order valence-corrected chi connectivity index (χ0v) is 15.3. The van der Waals surface area contributed by atoms with Gasteiger partial charge in [0.05, 0.1) is 4.87 Å². The molecule has 0 radical (unpaired) electrons. The van der Waals surface area contributed by atoms with Crippen LogP contribution >= 0.6 is 11.6 Å². The summed E-state index contributed by atoms with van der Waals surface area (Å²) in [5.74, 6) is -1.06. The van der Waals surface area contributed by atoms with Crippen molar-refractivity contribution < 1.29 is 19.4 Å². The van der Waals surface area contributed by atoms with Gasteiger partial charge in [0, 0.05) is 25.3 Å². The van der Waals surface area contributed by atoms with E-state index in [0.29, 0.717) is 0 Å². The van der Waals surface area contributed by atoms with E-state index < -0.39 is 22.5 Å². The van der Waals surface area contributed by atoms with Gasteiger partial charge in [-0.1, -0.05) is 48.5 Å². The highest BCUT2D eigenvalue weighted by Gasteiger charge is 2.71. The molecule has 0 aromatic heterocycles. The Hall–Kier alpha value is -2.53. The first-order valence-corrected chi connectivity index (χ1v) is 9.36. The van der Waals surface area contributed by atoms with Crippen LogP contribution in [0.1, 0.15) is 29.9 Å². The lowest BCUT2D eigenvalue weighted by atomic mass is 9.72. The summed E-state index contributed by atoms with van der Waals surface area (Å²) in [6.45, 7) is 0.395. The van der Waals surface area contributed by atoms with E-state index in [4.69, 9.17) is 16.3 Å². The minimum Gasteiger partial charge on any atom is -0.479 e. The number of hydrogen-bond acceptors (Lipinski definition) is 3. The molecule has 2 saturated heterocycles. The number of amides is 1. The van der Waals surface area contributed by atoms with Crippen molar-refractivity contribution in [1.29, 1.82) is 0 Å². The van der Waals surface area contributed by atoms with Gasteiger partial charge in [-0.3, -0.25) is 4.90 Å². The lowest BCUT2D eigenvalue weighted by Crippen LogP contribution is -2.57. The third-order valence-corrected chi connectivity index (χ3v) is 6.52. The van der Waals surface area contributed by atoms with Crippen LogP contribution in [-0.2, 0) is 9.53 Å². The maximum atomic E-state index is 12.7. The normalized spacial score (nSPS) is 27.7. The lowest BCUT2D eigenvalue weighted by Gasteiger charge is -2.40. The number of ether oxygens (including phenoxy) is 1. The van der Waals surface area contributed by atoms with E-state index in [1.807, 2.05) is 36.4 Å². The molecule has 4 aliphatic rings. The first kappa shape index (κ1) is 16.6. The molecule has 6 rings (SSSR count). The number of benzene rings is 2. The second-order valence-electron chi connectivity index (χ2n) is 7.73. The van der Waals surface area contributed by atoms with E-state index in [1.165, 1.54) is 4.90 Å². The predicted molar refractivity (Wildman–Crippen MR) is 100.0 cm³/mol. The predicted octanol–water partition coefficient (Wildman–Crippen LogP) is 3.85. The quantitative estimate of drug-likeness (QED) is 0.817. The van der Waals surface area contributed by atoms with Gasteiger partial charge in [0.2, 0.25) is 0 Å². The Morgan fingerprint density at radius 1 is 1.07 bits per heavy atom. The van der Waals surface area contributed by atoms with Crippen LogP contribution in [0.15, 0.2) is 48.5 Å². The van der Waals surface area contributed by atoms with Crippen LogP contribution in [0.4, 0.5) is 4.79 Å². The summed E-state index contributed by atoms with van der Waals surface area (Å²) < 4.78 is 5.61. The fraction of sp³-hybridized carbons (Fsp3) is 0.333. The van der Waals surface area contributed by atoms with Crippen LogP contribution in [-0.4, -0.2) is 45.6 Å². The molecule has 3 fully saturated rings. The molecule has 2 aromatic rings. The Labute approximate surface area is 161 Å². The van der Waals surface area contributed by atoms with Gasteiger partial charge in [-0.2, -0.15) is 0 Å². The number of carboxylic acid groups (broad SMARTS) is 1. The summed E-state index contributed by atoms with van der Waals surface area (Å²) in [6.07, 6.45) is -0.0402. The van der Waals surface area contributed by atoms with Gasteiger partial charge in [-0.15, -0.1) is 11.6 Å². The van der Waals surface area contributed by atoms with E-state index >= 15 is 0 Å². The summed E-state index contributed by atoms with van der Waals surface area (Å²) in [5, 5.41) is 9.58. The molecule has 1 amide bonds. The van der Waals surface area contributed by atoms with Crippen LogP contribution in [0.25, 0.3) is 11.1 Å². The first-order valence-electron chi connectivity index (χ1n) is 8.99. The average molecular weight is 384 g/mol. The van der Waals surface area contributed by atoms with Crippen LogP contribution in [0.5, 0.6) is 0 Å². The molecule has 2 aromatic carbocycles. The van der Waals surface area contributed by atoms with Gasteiger partial charge in [-0.25, -0.2) is 9.59 Å². The highest BCUT2D eigenvalue weighted by Crippen LogP contribution is 2.57. The van der Waals surface area contributed by atoms with Gasteiger partial charge in [0.25, 0.3) is 0 Å². The van der Waals surface area contributed by atoms with E-state index in [0.717, 1.165) is 22.3 Å². The van der Waals surface area contributed by atoms with Crippen LogP contribution < -0.4 is 0 Å². The summed E-state index contributed by atoms with van der Waals surface area (Å²) in [4.78, 5) is 25.1. The highest BCUT2D eigenvalue weighted by molar-refractivity contribution is 6.26. The van der Waals surface area contributed by atoms with Crippen molar-refractivity contribution in [2.45, 2.75) is 29.2 Å². The molecule has 2 aliphatic heterocycles. The molecule has 5 nitrogen and oxygen atoms in total. The number of alkyl halides is 1. The molecule has 2 bridgehead atoms. The number of hydrogen-bond donors (Lipinski definition) is 1. The molecule has 6 heteroatoms. The fourth-order valence-electron chi connectivity index (χ4n) is 4.91. The fourth-order valence-corrected chi connectivity index (χ4v) is 5.47. The molecule has 2 heterocycles.